The van der Waals surface area contributed by atoms with Gasteiger partial charge in [0.25, 0.3) is 0 Å². The molecule has 2 aromatic carbocycles. The molecule has 1 saturated heterocycles. The first-order chi connectivity index (χ1) is 16.7. The van der Waals surface area contributed by atoms with Crippen molar-refractivity contribution in [2.24, 2.45) is 23.7 Å². The number of esters is 2. The Morgan fingerprint density at radius 1 is 0.943 bits per heavy atom. The van der Waals surface area contributed by atoms with Gasteiger partial charge < -0.3 is 14.4 Å². The van der Waals surface area contributed by atoms with Gasteiger partial charge in [-0.2, -0.15) is 0 Å². The maximum absolute atomic E-state index is 14.1. The van der Waals surface area contributed by atoms with E-state index >= 15 is 0 Å². The van der Waals surface area contributed by atoms with E-state index < -0.39 is 23.9 Å². The molecule has 1 amide bonds. The molecular formula is C29H37NO5. The summed E-state index contributed by atoms with van der Waals surface area (Å²) in [5, 5.41) is 0. The molecule has 1 aliphatic rings. The van der Waals surface area contributed by atoms with Gasteiger partial charge in [0, 0.05) is 0 Å². The summed E-state index contributed by atoms with van der Waals surface area (Å²) in [6.45, 7) is 8.24. The second-order valence-corrected chi connectivity index (χ2v) is 9.98. The molecule has 0 spiro atoms. The van der Waals surface area contributed by atoms with Crippen molar-refractivity contribution in [3.63, 3.8) is 0 Å². The number of hydrogen-bond acceptors (Lipinski definition) is 5. The molecule has 35 heavy (non-hydrogen) atoms. The molecule has 1 fully saturated rings. The highest BCUT2D eigenvalue weighted by molar-refractivity contribution is 5.89. The van der Waals surface area contributed by atoms with Gasteiger partial charge in [0.1, 0.15) is 12.6 Å². The van der Waals surface area contributed by atoms with E-state index in [1.807, 2.05) is 74.5 Å². The molecule has 0 bridgehead atoms. The molecule has 1 heterocycles. The Balaban J connectivity index is 1.88. The monoisotopic (exact) mass is 479 g/mol. The lowest BCUT2D eigenvalue weighted by Gasteiger charge is -2.35. The topological polar surface area (TPSA) is 72.9 Å². The quantitative estimate of drug-likeness (QED) is 0.464. The molecule has 0 aliphatic carbocycles. The normalized spacial score (nSPS) is 20.7. The summed E-state index contributed by atoms with van der Waals surface area (Å²) in [5.74, 6) is -1.43. The van der Waals surface area contributed by atoms with Crippen LogP contribution < -0.4 is 0 Å². The van der Waals surface area contributed by atoms with Crippen LogP contribution >= 0.6 is 0 Å². The number of carbonyl (C=O) groups excluding carboxylic acids is 3. The lowest BCUT2D eigenvalue weighted by molar-refractivity contribution is -0.157. The summed E-state index contributed by atoms with van der Waals surface area (Å²) in [4.78, 5) is 41.4. The smallest absolute Gasteiger partial charge is 0.328 e. The zero-order valence-corrected chi connectivity index (χ0v) is 21.3. The van der Waals surface area contributed by atoms with E-state index in [0.29, 0.717) is 6.42 Å². The van der Waals surface area contributed by atoms with Gasteiger partial charge in [-0.05, 0) is 35.3 Å². The van der Waals surface area contributed by atoms with Crippen LogP contribution in [0.4, 0.5) is 0 Å². The van der Waals surface area contributed by atoms with E-state index in [2.05, 4.69) is 13.8 Å². The number of carbonyl (C=O) groups is 3. The van der Waals surface area contributed by atoms with Crippen molar-refractivity contribution in [2.45, 2.75) is 59.2 Å². The number of nitrogens with zero attached hydrogens (tertiary/aromatic N) is 1. The maximum Gasteiger partial charge on any atom is 0.328 e. The van der Waals surface area contributed by atoms with Crippen LogP contribution in [0.3, 0.4) is 0 Å². The fraction of sp³-hybridized carbons (Fsp3) is 0.483. The highest BCUT2D eigenvalue weighted by Gasteiger charge is 2.50. The van der Waals surface area contributed by atoms with Crippen molar-refractivity contribution < 1.29 is 23.9 Å². The fourth-order valence-electron chi connectivity index (χ4n) is 5.01. The molecule has 0 N–H and O–H groups in total. The number of rotatable bonds is 9. The zero-order valence-electron chi connectivity index (χ0n) is 21.3. The Morgan fingerprint density at radius 2 is 1.54 bits per heavy atom. The number of benzene rings is 2. The van der Waals surface area contributed by atoms with Crippen LogP contribution in [0.5, 0.6) is 0 Å². The van der Waals surface area contributed by atoms with Crippen LogP contribution in [-0.2, 0) is 30.5 Å². The lowest BCUT2D eigenvalue weighted by Crippen LogP contribution is -2.47. The molecule has 6 nitrogen and oxygen atoms in total. The minimum atomic E-state index is -0.688. The van der Waals surface area contributed by atoms with Crippen molar-refractivity contribution in [1.29, 1.82) is 0 Å². The largest absolute Gasteiger partial charge is 0.467 e. The zero-order chi connectivity index (χ0) is 25.5. The molecule has 0 unspecified atom stereocenters. The summed E-state index contributed by atoms with van der Waals surface area (Å²) in [6, 6.07) is 18.3. The molecule has 0 aromatic heterocycles. The first-order valence-electron chi connectivity index (χ1n) is 12.4. The predicted octanol–water partition coefficient (Wildman–Crippen LogP) is 5.18. The van der Waals surface area contributed by atoms with Crippen LogP contribution in [0.2, 0.25) is 0 Å². The minimum Gasteiger partial charge on any atom is -0.467 e. The van der Waals surface area contributed by atoms with Crippen LogP contribution in [0.15, 0.2) is 60.7 Å². The summed E-state index contributed by atoms with van der Waals surface area (Å²) < 4.78 is 10.6. The second kappa shape index (κ2) is 12.0. The Labute approximate surface area is 208 Å². The van der Waals surface area contributed by atoms with E-state index in [4.69, 9.17) is 9.47 Å². The number of likely N-dealkylation sites (tertiary alicyclic amines) is 1. The third-order valence-corrected chi connectivity index (χ3v) is 7.01. The Bertz CT molecular complexity index is 989. The highest BCUT2D eigenvalue weighted by atomic mass is 16.5. The molecule has 0 radical (unpaired) electrons. The van der Waals surface area contributed by atoms with E-state index in [1.165, 1.54) is 7.11 Å². The average molecular weight is 480 g/mol. The van der Waals surface area contributed by atoms with E-state index in [9.17, 15) is 14.4 Å². The van der Waals surface area contributed by atoms with Gasteiger partial charge in [0.05, 0.1) is 25.5 Å². The van der Waals surface area contributed by atoms with Crippen molar-refractivity contribution >= 4 is 17.8 Å². The Morgan fingerprint density at radius 3 is 2.09 bits per heavy atom. The van der Waals surface area contributed by atoms with Gasteiger partial charge in [-0.25, -0.2) is 4.79 Å². The molecule has 3 rings (SSSR count). The fourth-order valence-corrected chi connectivity index (χ4v) is 5.01. The lowest BCUT2D eigenvalue weighted by atomic mass is 9.84. The van der Waals surface area contributed by atoms with Gasteiger partial charge in [0.2, 0.25) is 5.91 Å². The summed E-state index contributed by atoms with van der Waals surface area (Å²) in [5.41, 5.74) is 1.88. The number of methoxy groups -OCH3 is 1. The third-order valence-electron chi connectivity index (χ3n) is 7.01. The molecule has 1 aliphatic heterocycles. The predicted molar refractivity (Wildman–Crippen MR) is 134 cm³/mol. The standard InChI is InChI=1S/C29H37NO5/c1-19(2)23-16-25(29(33)34-5)30(27(23)22-14-10-7-11-15-22)28(32)24(20(3)4)17-26(31)35-18-21-12-8-6-9-13-21/h6-15,19-20,23-25,27H,16-18H2,1-5H3/t23-,24-,25-,27-/m0/s1. The number of amides is 1. The summed E-state index contributed by atoms with van der Waals surface area (Å²) >= 11 is 0. The van der Waals surface area contributed by atoms with Gasteiger partial charge in [0.15, 0.2) is 0 Å². The minimum absolute atomic E-state index is 0.0401. The van der Waals surface area contributed by atoms with E-state index in [0.717, 1.165) is 11.1 Å². The second-order valence-electron chi connectivity index (χ2n) is 9.98. The number of hydrogen-bond donors (Lipinski definition) is 0. The first kappa shape index (κ1) is 26.5. The van der Waals surface area contributed by atoms with Gasteiger partial charge in [-0.1, -0.05) is 88.4 Å². The van der Waals surface area contributed by atoms with Crippen molar-refractivity contribution in [3.05, 3.63) is 71.8 Å². The number of ether oxygens (including phenoxy) is 2. The molecule has 2 aromatic rings. The van der Waals surface area contributed by atoms with Crippen molar-refractivity contribution in [2.75, 3.05) is 7.11 Å². The highest BCUT2D eigenvalue weighted by Crippen LogP contribution is 2.46. The Kier molecular flexibility index (Phi) is 9.07. The van der Waals surface area contributed by atoms with Gasteiger partial charge in [-0.3, -0.25) is 9.59 Å². The molecular weight excluding hydrogens is 442 g/mol. The van der Waals surface area contributed by atoms with Crippen LogP contribution in [0.25, 0.3) is 0 Å². The molecule has 4 atom stereocenters. The van der Waals surface area contributed by atoms with Gasteiger partial charge in [-0.15, -0.1) is 0 Å². The van der Waals surface area contributed by atoms with Crippen molar-refractivity contribution in [3.8, 4) is 0 Å². The Hall–Kier alpha value is -3.15. The van der Waals surface area contributed by atoms with Crippen LogP contribution in [-0.4, -0.2) is 35.9 Å². The molecule has 188 valence electrons. The van der Waals surface area contributed by atoms with Gasteiger partial charge >= 0.3 is 11.9 Å². The van der Waals surface area contributed by atoms with E-state index in [1.54, 1.807) is 4.90 Å². The molecule has 6 heteroatoms. The third kappa shape index (κ3) is 6.30. The summed E-state index contributed by atoms with van der Waals surface area (Å²) in [7, 11) is 1.35. The molecule has 0 saturated carbocycles. The van der Waals surface area contributed by atoms with Crippen molar-refractivity contribution in [1.82, 2.24) is 4.90 Å². The van der Waals surface area contributed by atoms with Crippen LogP contribution in [0, 0.1) is 23.7 Å². The summed E-state index contributed by atoms with van der Waals surface area (Å²) in [6.07, 6.45) is 0.487. The SMILES string of the molecule is COC(=O)[C@@H]1C[C@@H](C(C)C)[C@H](c2ccccc2)N1C(=O)[C@@H](CC(=O)OCc1ccccc1)C(C)C. The van der Waals surface area contributed by atoms with E-state index in [-0.39, 0.29) is 42.7 Å². The maximum atomic E-state index is 14.1. The van der Waals surface area contributed by atoms with Crippen LogP contribution in [0.1, 0.15) is 57.7 Å². The average Bonchev–Trinajstić information content (AvgIpc) is 3.27. The first-order valence-corrected chi connectivity index (χ1v) is 12.4.